The highest BCUT2D eigenvalue weighted by molar-refractivity contribution is 7.09. The smallest absolute Gasteiger partial charge is 0.254 e. The summed E-state index contributed by atoms with van der Waals surface area (Å²) in [7, 11) is 0. The number of para-hydroxylation sites is 1. The first-order valence-corrected chi connectivity index (χ1v) is 11.0. The van der Waals surface area contributed by atoms with Crippen LogP contribution >= 0.6 is 11.3 Å². The molecule has 0 bridgehead atoms. The van der Waals surface area contributed by atoms with Gasteiger partial charge in [0, 0.05) is 60.9 Å². The first-order valence-electron chi connectivity index (χ1n) is 10.1. The molecule has 30 heavy (non-hydrogen) atoms. The molecule has 0 spiro atoms. The van der Waals surface area contributed by atoms with Crippen LogP contribution in [-0.4, -0.2) is 51.9 Å². The molecule has 1 fully saturated rings. The Hall–Kier alpha value is -3.09. The van der Waals surface area contributed by atoms with Crippen LogP contribution in [-0.2, 0) is 6.54 Å². The molecule has 4 heterocycles. The molecule has 1 aromatic carbocycles. The molecule has 1 aliphatic rings. The van der Waals surface area contributed by atoms with Crippen LogP contribution in [0.1, 0.15) is 15.2 Å². The van der Waals surface area contributed by atoms with Gasteiger partial charge in [-0.2, -0.15) is 0 Å². The maximum Gasteiger partial charge on any atom is 0.254 e. The number of nitrogens with zero attached hydrogens (tertiary/aromatic N) is 4. The molecular weight excluding hydrogens is 392 g/mol. The molecular formula is C24H22N4OS. The average molecular weight is 415 g/mol. The number of aromatic nitrogens is 2. The average Bonchev–Trinajstić information content (AvgIpc) is 3.32. The van der Waals surface area contributed by atoms with Crippen molar-refractivity contribution in [2.75, 3.05) is 26.2 Å². The predicted molar refractivity (Wildman–Crippen MR) is 120 cm³/mol. The number of pyridine rings is 2. The summed E-state index contributed by atoms with van der Waals surface area (Å²) in [6.07, 6.45) is 3.53. The zero-order valence-corrected chi connectivity index (χ0v) is 17.4. The molecule has 0 N–H and O–H groups in total. The largest absolute Gasteiger partial charge is 0.336 e. The number of benzene rings is 1. The fourth-order valence-corrected chi connectivity index (χ4v) is 4.66. The molecule has 0 saturated carbocycles. The van der Waals surface area contributed by atoms with E-state index in [0.29, 0.717) is 5.56 Å². The van der Waals surface area contributed by atoms with Gasteiger partial charge in [0.1, 0.15) is 0 Å². The number of fused-ring (bicyclic) bond motifs is 1. The van der Waals surface area contributed by atoms with Crippen molar-refractivity contribution < 1.29 is 4.79 Å². The summed E-state index contributed by atoms with van der Waals surface area (Å²) in [6, 6.07) is 17.9. The van der Waals surface area contributed by atoms with E-state index in [1.165, 1.54) is 4.88 Å². The Morgan fingerprint density at radius 1 is 1.00 bits per heavy atom. The molecule has 5 nitrogen and oxygen atoms in total. The van der Waals surface area contributed by atoms with Gasteiger partial charge in [-0.25, -0.2) is 4.98 Å². The lowest BCUT2D eigenvalue weighted by Gasteiger charge is -2.34. The summed E-state index contributed by atoms with van der Waals surface area (Å²) >= 11 is 1.79. The third-order valence-electron chi connectivity index (χ3n) is 5.52. The minimum Gasteiger partial charge on any atom is -0.336 e. The SMILES string of the molecule is O=C(c1cc(-c2cccnc2)nc2ccccc12)N1CCN(Cc2cccs2)CC1. The third-order valence-corrected chi connectivity index (χ3v) is 6.38. The van der Waals surface area contributed by atoms with Crippen LogP contribution in [0.4, 0.5) is 0 Å². The lowest BCUT2D eigenvalue weighted by Crippen LogP contribution is -2.48. The van der Waals surface area contributed by atoms with Gasteiger partial charge in [0.25, 0.3) is 5.91 Å². The summed E-state index contributed by atoms with van der Waals surface area (Å²) < 4.78 is 0. The number of hydrogen-bond donors (Lipinski definition) is 0. The van der Waals surface area contributed by atoms with Crippen LogP contribution in [0.5, 0.6) is 0 Å². The molecule has 6 heteroatoms. The summed E-state index contributed by atoms with van der Waals surface area (Å²) in [5.41, 5.74) is 3.24. The second-order valence-electron chi connectivity index (χ2n) is 7.46. The van der Waals surface area contributed by atoms with E-state index in [9.17, 15) is 4.79 Å². The second kappa shape index (κ2) is 8.34. The van der Waals surface area contributed by atoms with Crippen molar-refractivity contribution in [3.63, 3.8) is 0 Å². The molecule has 3 aromatic heterocycles. The predicted octanol–water partition coefficient (Wildman–Crippen LogP) is 4.32. The van der Waals surface area contributed by atoms with Crippen molar-refractivity contribution in [1.29, 1.82) is 0 Å². The molecule has 1 saturated heterocycles. The fourth-order valence-electron chi connectivity index (χ4n) is 3.92. The van der Waals surface area contributed by atoms with Gasteiger partial charge in [-0.15, -0.1) is 11.3 Å². The maximum atomic E-state index is 13.5. The highest BCUT2D eigenvalue weighted by atomic mass is 32.1. The van der Waals surface area contributed by atoms with E-state index in [2.05, 4.69) is 27.4 Å². The highest BCUT2D eigenvalue weighted by Gasteiger charge is 2.24. The van der Waals surface area contributed by atoms with E-state index in [-0.39, 0.29) is 5.91 Å². The molecule has 0 radical (unpaired) electrons. The summed E-state index contributed by atoms with van der Waals surface area (Å²) in [5, 5.41) is 3.01. The van der Waals surface area contributed by atoms with Gasteiger partial charge in [-0.1, -0.05) is 24.3 Å². The van der Waals surface area contributed by atoms with Crippen molar-refractivity contribution >= 4 is 28.1 Å². The first-order chi connectivity index (χ1) is 14.8. The van der Waals surface area contributed by atoms with E-state index in [4.69, 9.17) is 4.98 Å². The quantitative estimate of drug-likeness (QED) is 0.499. The number of carbonyl (C=O) groups excluding carboxylic acids is 1. The summed E-state index contributed by atoms with van der Waals surface area (Å²) in [6.45, 7) is 4.22. The molecule has 1 amide bonds. The Kier molecular flexibility index (Phi) is 5.26. The Morgan fingerprint density at radius 3 is 2.63 bits per heavy atom. The standard InChI is InChI=1S/C24H22N4OS/c29-24(28-12-10-27(11-13-28)17-19-6-4-14-30-19)21-15-23(18-5-3-9-25-16-18)26-22-8-2-1-7-20(21)22/h1-9,14-16H,10-13,17H2. The molecule has 0 unspecified atom stereocenters. The monoisotopic (exact) mass is 414 g/mol. The third kappa shape index (κ3) is 3.84. The van der Waals surface area contributed by atoms with Crippen molar-refractivity contribution in [2.45, 2.75) is 6.54 Å². The van der Waals surface area contributed by atoms with Gasteiger partial charge in [0.2, 0.25) is 0 Å². The summed E-state index contributed by atoms with van der Waals surface area (Å²) in [4.78, 5) is 28.2. The lowest BCUT2D eigenvalue weighted by molar-refractivity contribution is 0.0631. The van der Waals surface area contributed by atoms with E-state index >= 15 is 0 Å². The number of thiophene rings is 1. The number of piperazine rings is 1. The fraction of sp³-hybridized carbons (Fsp3) is 0.208. The van der Waals surface area contributed by atoms with Crippen LogP contribution in [0.25, 0.3) is 22.2 Å². The van der Waals surface area contributed by atoms with E-state index in [0.717, 1.165) is 54.9 Å². The second-order valence-corrected chi connectivity index (χ2v) is 8.49. The number of hydrogen-bond acceptors (Lipinski definition) is 5. The molecule has 4 aromatic rings. The molecule has 150 valence electrons. The van der Waals surface area contributed by atoms with E-state index in [1.54, 1.807) is 23.7 Å². The van der Waals surface area contributed by atoms with Crippen LogP contribution in [0, 0.1) is 0 Å². The zero-order chi connectivity index (χ0) is 20.3. The van der Waals surface area contributed by atoms with Crippen molar-refractivity contribution in [3.05, 3.63) is 82.8 Å². The van der Waals surface area contributed by atoms with Gasteiger partial charge in [-0.05, 0) is 35.7 Å². The Labute approximate surface area is 179 Å². The van der Waals surface area contributed by atoms with Crippen molar-refractivity contribution in [2.24, 2.45) is 0 Å². The van der Waals surface area contributed by atoms with Gasteiger partial charge in [0.15, 0.2) is 0 Å². The minimum absolute atomic E-state index is 0.0783. The van der Waals surface area contributed by atoms with Gasteiger partial charge in [0.05, 0.1) is 16.8 Å². The van der Waals surface area contributed by atoms with Crippen LogP contribution in [0.3, 0.4) is 0 Å². The first kappa shape index (κ1) is 18.9. The summed E-state index contributed by atoms with van der Waals surface area (Å²) in [5.74, 6) is 0.0783. The van der Waals surface area contributed by atoms with Crippen LogP contribution in [0.2, 0.25) is 0 Å². The molecule has 5 rings (SSSR count). The minimum atomic E-state index is 0.0783. The Morgan fingerprint density at radius 2 is 1.87 bits per heavy atom. The van der Waals surface area contributed by atoms with Crippen LogP contribution in [0.15, 0.2) is 72.4 Å². The van der Waals surface area contributed by atoms with Gasteiger partial charge < -0.3 is 4.90 Å². The molecule has 0 atom stereocenters. The van der Waals surface area contributed by atoms with E-state index < -0.39 is 0 Å². The molecule has 1 aliphatic heterocycles. The number of amides is 1. The Bertz CT molecular complexity index is 1150. The zero-order valence-electron chi connectivity index (χ0n) is 16.6. The van der Waals surface area contributed by atoms with E-state index in [1.807, 2.05) is 47.4 Å². The number of rotatable bonds is 4. The Balaban J connectivity index is 1.40. The van der Waals surface area contributed by atoms with Gasteiger partial charge >= 0.3 is 0 Å². The van der Waals surface area contributed by atoms with Crippen LogP contribution < -0.4 is 0 Å². The topological polar surface area (TPSA) is 49.3 Å². The normalized spacial score (nSPS) is 14.9. The van der Waals surface area contributed by atoms with Crippen molar-refractivity contribution in [3.8, 4) is 11.3 Å². The van der Waals surface area contributed by atoms with Crippen molar-refractivity contribution in [1.82, 2.24) is 19.8 Å². The lowest BCUT2D eigenvalue weighted by atomic mass is 10.0. The van der Waals surface area contributed by atoms with Gasteiger partial charge in [-0.3, -0.25) is 14.7 Å². The maximum absolute atomic E-state index is 13.5. The number of carbonyl (C=O) groups is 1. The molecule has 0 aliphatic carbocycles. The highest BCUT2D eigenvalue weighted by Crippen LogP contribution is 2.26.